The smallest absolute Gasteiger partial charge is 0.289 e. The average molecular weight is 286 g/mol. The zero-order valence-corrected chi connectivity index (χ0v) is 10.6. The number of anilines is 1. The van der Waals surface area contributed by atoms with Crippen molar-refractivity contribution >= 4 is 28.9 Å². The maximum absolute atomic E-state index is 12.0. The molecule has 1 unspecified atom stereocenters. The monoisotopic (exact) mass is 285 g/mol. The van der Waals surface area contributed by atoms with E-state index in [2.05, 4.69) is 5.32 Å². The largest absolute Gasteiger partial charge is 0.379 e. The lowest BCUT2D eigenvalue weighted by Crippen LogP contribution is -2.51. The summed E-state index contributed by atoms with van der Waals surface area (Å²) in [6.45, 7) is 0.555. The number of nitrogens with two attached hydrogens (primary N) is 1. The van der Waals surface area contributed by atoms with Crippen molar-refractivity contribution < 1.29 is 14.5 Å². The van der Waals surface area contributed by atoms with Crippen LogP contribution in [0.25, 0.3) is 0 Å². The third-order valence-corrected chi connectivity index (χ3v) is 3.22. The van der Waals surface area contributed by atoms with E-state index < -0.39 is 16.4 Å². The number of rotatable bonds is 3. The molecule has 1 amide bonds. The maximum Gasteiger partial charge on any atom is 0.289 e. The predicted molar refractivity (Wildman–Crippen MR) is 69.1 cm³/mol. The van der Waals surface area contributed by atoms with Crippen LogP contribution in [0.1, 0.15) is 6.42 Å². The van der Waals surface area contributed by atoms with E-state index in [1.807, 2.05) is 0 Å². The van der Waals surface area contributed by atoms with Gasteiger partial charge in [0.05, 0.1) is 11.5 Å². The van der Waals surface area contributed by atoms with Crippen LogP contribution in [0.2, 0.25) is 5.02 Å². The first-order valence-electron chi connectivity index (χ1n) is 5.54. The van der Waals surface area contributed by atoms with Gasteiger partial charge in [-0.05, 0) is 18.6 Å². The lowest BCUT2D eigenvalue weighted by Gasteiger charge is -2.20. The number of carbonyl (C=O) groups is 1. The van der Waals surface area contributed by atoms with Gasteiger partial charge in [0.15, 0.2) is 0 Å². The fourth-order valence-electron chi connectivity index (χ4n) is 1.75. The minimum atomic E-state index is -1.09. The molecule has 0 bridgehead atoms. The van der Waals surface area contributed by atoms with E-state index >= 15 is 0 Å². The number of nitrogens with one attached hydrogen (secondary N) is 1. The van der Waals surface area contributed by atoms with Gasteiger partial charge in [-0.1, -0.05) is 11.6 Å². The second kappa shape index (κ2) is 5.12. The molecule has 8 heteroatoms. The van der Waals surface area contributed by atoms with Gasteiger partial charge in [-0.3, -0.25) is 14.9 Å². The Balaban J connectivity index is 2.17. The van der Waals surface area contributed by atoms with E-state index in [0.717, 1.165) is 0 Å². The van der Waals surface area contributed by atoms with Gasteiger partial charge >= 0.3 is 0 Å². The lowest BCUT2D eigenvalue weighted by atomic mass is 9.99. The molecule has 1 atom stereocenters. The van der Waals surface area contributed by atoms with Crippen LogP contribution in [0.4, 0.5) is 11.4 Å². The molecule has 7 nitrogen and oxygen atoms in total. The molecular formula is C11H12ClN3O4. The predicted octanol–water partition coefficient (Wildman–Crippen LogP) is 1.30. The SMILES string of the molecule is NC1(C(=O)Nc2ccc(Cl)c([N+](=O)[O-])c2)CCOC1. The van der Waals surface area contributed by atoms with E-state index in [4.69, 9.17) is 22.1 Å². The topological polar surface area (TPSA) is 107 Å². The highest BCUT2D eigenvalue weighted by Gasteiger charge is 2.38. The van der Waals surface area contributed by atoms with E-state index in [9.17, 15) is 14.9 Å². The minimum Gasteiger partial charge on any atom is -0.379 e. The molecule has 3 N–H and O–H groups in total. The third kappa shape index (κ3) is 2.83. The Hall–Kier alpha value is -1.70. The van der Waals surface area contributed by atoms with Crippen LogP contribution in [-0.4, -0.2) is 29.6 Å². The Morgan fingerprint density at radius 3 is 2.89 bits per heavy atom. The molecule has 1 aliphatic heterocycles. The number of ether oxygens (including phenoxy) is 1. The van der Waals surface area contributed by atoms with Crippen LogP contribution >= 0.6 is 11.6 Å². The van der Waals surface area contributed by atoms with Gasteiger partial charge in [0, 0.05) is 18.4 Å². The highest BCUT2D eigenvalue weighted by Crippen LogP contribution is 2.28. The van der Waals surface area contributed by atoms with Gasteiger partial charge in [0.1, 0.15) is 10.6 Å². The molecule has 0 aromatic heterocycles. The summed E-state index contributed by atoms with van der Waals surface area (Å²) in [6, 6.07) is 4.02. The number of carbonyl (C=O) groups excluding carboxylic acids is 1. The molecule has 0 saturated carbocycles. The van der Waals surface area contributed by atoms with Gasteiger partial charge < -0.3 is 15.8 Å². The van der Waals surface area contributed by atoms with Gasteiger partial charge in [-0.15, -0.1) is 0 Å². The quantitative estimate of drug-likeness (QED) is 0.643. The van der Waals surface area contributed by atoms with Gasteiger partial charge in [-0.2, -0.15) is 0 Å². The van der Waals surface area contributed by atoms with Crippen LogP contribution in [0, 0.1) is 10.1 Å². The Kier molecular flexibility index (Phi) is 3.70. The summed E-state index contributed by atoms with van der Waals surface area (Å²) in [5.41, 5.74) is 4.80. The summed E-state index contributed by atoms with van der Waals surface area (Å²) >= 11 is 5.68. The molecule has 1 aromatic rings. The first-order valence-corrected chi connectivity index (χ1v) is 5.92. The van der Waals surface area contributed by atoms with E-state index in [1.54, 1.807) is 0 Å². The molecule has 1 fully saturated rings. The lowest BCUT2D eigenvalue weighted by molar-refractivity contribution is -0.384. The Morgan fingerprint density at radius 1 is 1.58 bits per heavy atom. The summed E-state index contributed by atoms with van der Waals surface area (Å²) in [5.74, 6) is -0.429. The van der Waals surface area contributed by atoms with Gasteiger partial charge in [0.2, 0.25) is 5.91 Å². The van der Waals surface area contributed by atoms with Crippen molar-refractivity contribution in [1.82, 2.24) is 0 Å². The third-order valence-electron chi connectivity index (χ3n) is 2.91. The van der Waals surface area contributed by atoms with Crippen LogP contribution in [0.5, 0.6) is 0 Å². The number of hydrogen-bond donors (Lipinski definition) is 2. The number of amides is 1. The molecule has 1 aromatic carbocycles. The number of nitro benzene ring substituents is 1. The second-order valence-corrected chi connectivity index (χ2v) is 4.74. The highest BCUT2D eigenvalue weighted by atomic mass is 35.5. The number of benzene rings is 1. The molecule has 102 valence electrons. The highest BCUT2D eigenvalue weighted by molar-refractivity contribution is 6.32. The molecular weight excluding hydrogens is 274 g/mol. The van der Waals surface area contributed by atoms with Crippen molar-refractivity contribution in [2.24, 2.45) is 5.73 Å². The van der Waals surface area contributed by atoms with E-state index in [-0.39, 0.29) is 23.0 Å². The molecule has 1 heterocycles. The molecule has 2 rings (SSSR count). The molecule has 0 aliphatic carbocycles. The molecule has 1 aliphatic rings. The summed E-state index contributed by atoms with van der Waals surface area (Å²) in [4.78, 5) is 22.1. The number of nitrogens with zero attached hydrogens (tertiary/aromatic N) is 1. The van der Waals surface area contributed by atoms with Crippen molar-refractivity contribution in [3.63, 3.8) is 0 Å². The van der Waals surface area contributed by atoms with Gasteiger partial charge in [-0.25, -0.2) is 0 Å². The fourth-order valence-corrected chi connectivity index (χ4v) is 1.93. The molecule has 19 heavy (non-hydrogen) atoms. The molecule has 0 radical (unpaired) electrons. The summed E-state index contributed by atoms with van der Waals surface area (Å²) in [6.07, 6.45) is 0.411. The van der Waals surface area contributed by atoms with Crippen molar-refractivity contribution in [3.8, 4) is 0 Å². The Bertz CT molecular complexity index is 529. The first kappa shape index (κ1) is 13.7. The normalized spacial score (nSPS) is 22.2. The van der Waals surface area contributed by atoms with Crippen molar-refractivity contribution in [3.05, 3.63) is 33.3 Å². The van der Waals surface area contributed by atoms with Crippen LogP contribution < -0.4 is 11.1 Å². The summed E-state index contributed by atoms with van der Waals surface area (Å²) < 4.78 is 5.08. The number of halogens is 1. The van der Waals surface area contributed by atoms with Gasteiger partial charge in [0.25, 0.3) is 5.69 Å². The van der Waals surface area contributed by atoms with E-state index in [0.29, 0.717) is 13.0 Å². The molecule has 0 spiro atoms. The standard InChI is InChI=1S/C11H12ClN3O4/c12-8-2-1-7(5-9(8)15(17)18)14-10(16)11(13)3-4-19-6-11/h1-2,5H,3-4,6,13H2,(H,14,16). The zero-order valence-electron chi connectivity index (χ0n) is 9.89. The molecule has 1 saturated heterocycles. The zero-order chi connectivity index (χ0) is 14.0. The average Bonchev–Trinajstić information content (AvgIpc) is 2.79. The van der Waals surface area contributed by atoms with Crippen LogP contribution in [0.3, 0.4) is 0 Å². The maximum atomic E-state index is 12.0. The number of nitro groups is 1. The summed E-state index contributed by atoms with van der Waals surface area (Å²) in [5, 5.41) is 13.3. The van der Waals surface area contributed by atoms with Crippen LogP contribution in [0.15, 0.2) is 18.2 Å². The number of hydrogen-bond acceptors (Lipinski definition) is 5. The van der Waals surface area contributed by atoms with Crippen LogP contribution in [-0.2, 0) is 9.53 Å². The minimum absolute atomic E-state index is 0.00894. The van der Waals surface area contributed by atoms with Crippen molar-refractivity contribution in [2.45, 2.75) is 12.0 Å². The van der Waals surface area contributed by atoms with E-state index in [1.165, 1.54) is 18.2 Å². The van der Waals surface area contributed by atoms with Crippen molar-refractivity contribution in [2.75, 3.05) is 18.5 Å². The first-order chi connectivity index (χ1) is 8.92. The fraction of sp³-hybridized carbons (Fsp3) is 0.364. The second-order valence-electron chi connectivity index (χ2n) is 4.34. The van der Waals surface area contributed by atoms with Crippen molar-refractivity contribution in [1.29, 1.82) is 0 Å². The summed E-state index contributed by atoms with van der Waals surface area (Å²) in [7, 11) is 0. The Labute approximate surface area is 113 Å². The Morgan fingerprint density at radius 2 is 2.32 bits per heavy atom.